The molecule has 0 amide bonds. The van der Waals surface area contributed by atoms with E-state index in [0.29, 0.717) is 6.61 Å². The molecule has 0 saturated carbocycles. The van der Waals surface area contributed by atoms with Crippen LogP contribution in [-0.4, -0.2) is 7.05 Å². The average molecular weight is 399 g/mol. The van der Waals surface area contributed by atoms with Gasteiger partial charge in [0.15, 0.2) is 0 Å². The highest BCUT2D eigenvalue weighted by molar-refractivity contribution is 9.10. The lowest BCUT2D eigenvalue weighted by Crippen LogP contribution is -2.05. The summed E-state index contributed by atoms with van der Waals surface area (Å²) in [6.45, 7) is 3.47. The minimum absolute atomic E-state index is 0.553. The zero-order valence-corrected chi connectivity index (χ0v) is 14.7. The molecular formula is C16H17Br2NO. The van der Waals surface area contributed by atoms with Crippen LogP contribution in [0.15, 0.2) is 45.3 Å². The third-order valence-electron chi connectivity index (χ3n) is 3.03. The van der Waals surface area contributed by atoms with Crippen LogP contribution in [0.1, 0.15) is 16.7 Å². The molecule has 0 aliphatic carbocycles. The summed E-state index contributed by atoms with van der Waals surface area (Å²) in [6, 6.07) is 12.4. The predicted octanol–water partition coefficient (Wildman–Crippen LogP) is 4.82. The number of aryl methyl sites for hydroxylation is 1. The van der Waals surface area contributed by atoms with Gasteiger partial charge in [0, 0.05) is 21.1 Å². The second kappa shape index (κ2) is 7.25. The summed E-state index contributed by atoms with van der Waals surface area (Å²) < 4.78 is 8.02. The quantitative estimate of drug-likeness (QED) is 0.779. The molecule has 0 bridgehead atoms. The highest BCUT2D eigenvalue weighted by Crippen LogP contribution is 2.25. The monoisotopic (exact) mass is 397 g/mol. The van der Waals surface area contributed by atoms with Crippen LogP contribution in [0.25, 0.3) is 0 Å². The van der Waals surface area contributed by atoms with E-state index < -0.39 is 0 Å². The van der Waals surface area contributed by atoms with Crippen molar-refractivity contribution < 1.29 is 4.74 Å². The van der Waals surface area contributed by atoms with E-state index in [1.165, 1.54) is 5.56 Å². The van der Waals surface area contributed by atoms with Gasteiger partial charge >= 0.3 is 0 Å². The lowest BCUT2D eigenvalue weighted by Gasteiger charge is -2.11. The molecule has 2 rings (SSSR count). The summed E-state index contributed by atoms with van der Waals surface area (Å²) in [6.07, 6.45) is 0. The number of halogens is 2. The zero-order chi connectivity index (χ0) is 14.5. The summed E-state index contributed by atoms with van der Waals surface area (Å²) in [7, 11) is 1.95. The van der Waals surface area contributed by atoms with Gasteiger partial charge in [-0.25, -0.2) is 0 Å². The normalized spacial score (nSPS) is 10.6. The molecule has 1 N–H and O–H groups in total. The number of benzene rings is 2. The first-order valence-corrected chi connectivity index (χ1v) is 7.99. The van der Waals surface area contributed by atoms with E-state index in [2.05, 4.69) is 55.4 Å². The molecule has 0 aromatic heterocycles. The van der Waals surface area contributed by atoms with Crippen LogP contribution in [0.2, 0.25) is 0 Å². The smallest absolute Gasteiger partial charge is 0.123 e. The number of hydrogen-bond donors (Lipinski definition) is 1. The van der Waals surface area contributed by atoms with Crippen molar-refractivity contribution >= 4 is 31.9 Å². The first-order chi connectivity index (χ1) is 9.60. The van der Waals surface area contributed by atoms with Gasteiger partial charge in [0.05, 0.1) is 0 Å². The Morgan fingerprint density at radius 2 is 1.90 bits per heavy atom. The van der Waals surface area contributed by atoms with E-state index in [4.69, 9.17) is 4.74 Å². The second-order valence-corrected chi connectivity index (χ2v) is 6.42. The number of nitrogens with one attached hydrogen (secondary N) is 1. The van der Waals surface area contributed by atoms with Crippen LogP contribution in [0.4, 0.5) is 0 Å². The largest absolute Gasteiger partial charge is 0.489 e. The van der Waals surface area contributed by atoms with Crippen LogP contribution >= 0.6 is 31.9 Å². The number of hydrogen-bond acceptors (Lipinski definition) is 2. The van der Waals surface area contributed by atoms with Crippen LogP contribution in [0, 0.1) is 6.92 Å². The van der Waals surface area contributed by atoms with Gasteiger partial charge < -0.3 is 10.1 Å². The number of ether oxygens (including phenoxy) is 1. The average Bonchev–Trinajstić information content (AvgIpc) is 2.42. The molecule has 2 aromatic rings. The lowest BCUT2D eigenvalue weighted by atomic mass is 10.1. The van der Waals surface area contributed by atoms with Gasteiger partial charge in [-0.05, 0) is 43.3 Å². The SMILES string of the molecule is CNCc1ccc(COc2cc(Br)ccc2C)c(Br)c1. The van der Waals surface area contributed by atoms with Crippen LogP contribution in [0.5, 0.6) is 5.75 Å². The van der Waals surface area contributed by atoms with Crippen molar-refractivity contribution in [3.63, 3.8) is 0 Å². The Hall–Kier alpha value is -0.840. The predicted molar refractivity (Wildman–Crippen MR) is 90.1 cm³/mol. The fourth-order valence-corrected chi connectivity index (χ4v) is 2.79. The first kappa shape index (κ1) is 15.5. The van der Waals surface area contributed by atoms with E-state index in [1.807, 2.05) is 32.2 Å². The highest BCUT2D eigenvalue weighted by Gasteiger charge is 2.05. The van der Waals surface area contributed by atoms with Crippen molar-refractivity contribution in [3.05, 3.63) is 62.0 Å². The maximum atomic E-state index is 5.91. The Morgan fingerprint density at radius 3 is 2.60 bits per heavy atom. The molecule has 0 unspecified atom stereocenters. The minimum Gasteiger partial charge on any atom is -0.489 e. The van der Waals surface area contributed by atoms with Crippen LogP contribution in [-0.2, 0) is 13.2 Å². The molecule has 0 aliphatic rings. The maximum Gasteiger partial charge on any atom is 0.123 e. The summed E-state index contributed by atoms with van der Waals surface area (Å²) in [5, 5.41) is 3.14. The summed E-state index contributed by atoms with van der Waals surface area (Å²) in [4.78, 5) is 0. The van der Waals surface area contributed by atoms with Crippen molar-refractivity contribution in [3.8, 4) is 5.75 Å². The topological polar surface area (TPSA) is 21.3 Å². The van der Waals surface area contributed by atoms with E-state index in [0.717, 1.165) is 32.4 Å². The van der Waals surface area contributed by atoms with E-state index in [-0.39, 0.29) is 0 Å². The van der Waals surface area contributed by atoms with Gasteiger partial charge in [-0.2, -0.15) is 0 Å². The lowest BCUT2D eigenvalue weighted by molar-refractivity contribution is 0.303. The van der Waals surface area contributed by atoms with Crippen molar-refractivity contribution in [2.75, 3.05) is 7.05 Å². The van der Waals surface area contributed by atoms with Gasteiger partial charge in [-0.15, -0.1) is 0 Å². The number of rotatable bonds is 5. The van der Waals surface area contributed by atoms with E-state index in [1.54, 1.807) is 0 Å². The molecule has 0 spiro atoms. The molecule has 2 aromatic carbocycles. The molecule has 20 heavy (non-hydrogen) atoms. The molecule has 0 aliphatic heterocycles. The molecule has 0 atom stereocenters. The van der Waals surface area contributed by atoms with E-state index in [9.17, 15) is 0 Å². The van der Waals surface area contributed by atoms with Crippen LogP contribution in [0.3, 0.4) is 0 Å². The highest BCUT2D eigenvalue weighted by atomic mass is 79.9. The fourth-order valence-electron chi connectivity index (χ4n) is 1.91. The van der Waals surface area contributed by atoms with Crippen molar-refractivity contribution in [2.45, 2.75) is 20.1 Å². The molecule has 0 saturated heterocycles. The van der Waals surface area contributed by atoms with Crippen molar-refractivity contribution in [2.24, 2.45) is 0 Å². The van der Waals surface area contributed by atoms with Crippen LogP contribution < -0.4 is 10.1 Å². The van der Waals surface area contributed by atoms with E-state index >= 15 is 0 Å². The zero-order valence-electron chi connectivity index (χ0n) is 11.5. The molecule has 0 radical (unpaired) electrons. The Bertz CT molecular complexity index is 599. The first-order valence-electron chi connectivity index (χ1n) is 6.41. The molecule has 4 heteroatoms. The minimum atomic E-state index is 0.553. The van der Waals surface area contributed by atoms with Gasteiger partial charge in [0.25, 0.3) is 0 Å². The third kappa shape index (κ3) is 4.08. The second-order valence-electron chi connectivity index (χ2n) is 4.65. The van der Waals surface area contributed by atoms with Gasteiger partial charge in [0.1, 0.15) is 12.4 Å². The molecule has 106 valence electrons. The van der Waals surface area contributed by atoms with Crippen molar-refractivity contribution in [1.82, 2.24) is 5.32 Å². The third-order valence-corrected chi connectivity index (χ3v) is 4.26. The molecule has 0 heterocycles. The summed E-state index contributed by atoms with van der Waals surface area (Å²) in [5.74, 6) is 0.908. The molecule has 0 fully saturated rings. The van der Waals surface area contributed by atoms with Crippen molar-refractivity contribution in [1.29, 1.82) is 0 Å². The van der Waals surface area contributed by atoms with Gasteiger partial charge in [0.2, 0.25) is 0 Å². The Labute approximate surface area is 136 Å². The van der Waals surface area contributed by atoms with Gasteiger partial charge in [-0.3, -0.25) is 0 Å². The Kier molecular flexibility index (Phi) is 5.64. The standard InChI is InChI=1S/C16H17Br2NO/c1-11-3-6-14(17)8-16(11)20-10-13-5-4-12(9-19-2)7-15(13)18/h3-8,19H,9-10H2,1-2H3. The summed E-state index contributed by atoms with van der Waals surface area (Å²) >= 11 is 7.07. The molecule has 2 nitrogen and oxygen atoms in total. The van der Waals surface area contributed by atoms with Gasteiger partial charge in [-0.1, -0.05) is 50.1 Å². The Balaban J connectivity index is 2.09. The fraction of sp³-hybridized carbons (Fsp3) is 0.250. The Morgan fingerprint density at radius 1 is 1.10 bits per heavy atom. The summed E-state index contributed by atoms with van der Waals surface area (Å²) in [5.41, 5.74) is 3.53. The maximum absolute atomic E-state index is 5.91. The molecular weight excluding hydrogens is 382 g/mol.